The second-order valence-electron chi connectivity index (χ2n) is 9.41. The fourth-order valence-corrected chi connectivity index (χ4v) is 4.70. The van der Waals surface area contributed by atoms with Crippen LogP contribution in [0.3, 0.4) is 0 Å². The Morgan fingerprint density at radius 1 is 1.19 bits per heavy atom. The maximum Gasteiger partial charge on any atom is 0.177 e. The van der Waals surface area contributed by atoms with E-state index >= 15 is 0 Å². The number of halogens is 2. The number of nitriles is 1. The summed E-state index contributed by atoms with van der Waals surface area (Å²) in [5.41, 5.74) is -0.300. The molecule has 14 heteroatoms. The highest BCUT2D eigenvalue weighted by molar-refractivity contribution is 5.60. The van der Waals surface area contributed by atoms with Crippen LogP contribution in [0.4, 0.5) is 8.78 Å². The Hall–Kier alpha value is -3.35. The van der Waals surface area contributed by atoms with Crippen molar-refractivity contribution in [1.82, 2.24) is 30.0 Å². The Morgan fingerprint density at radius 2 is 1.97 bits per heavy atom. The zero-order valence-corrected chi connectivity index (χ0v) is 20.0. The number of nitrogens with zero attached hydrogens (tertiary/aromatic N) is 7. The average molecular weight is 517 g/mol. The molecule has 3 aromatic rings. The smallest absolute Gasteiger partial charge is 0.177 e. The molecule has 0 aliphatic carbocycles. The van der Waals surface area contributed by atoms with Gasteiger partial charge in [-0.1, -0.05) is 10.4 Å². The van der Waals surface area contributed by atoms with Gasteiger partial charge in [0, 0.05) is 25.3 Å². The third-order valence-electron chi connectivity index (χ3n) is 6.86. The summed E-state index contributed by atoms with van der Waals surface area (Å²) in [5, 5.41) is 46.2. The van der Waals surface area contributed by atoms with Crippen molar-refractivity contribution in [2.75, 3.05) is 26.9 Å². The predicted molar refractivity (Wildman–Crippen MR) is 120 cm³/mol. The Kier molecular flexibility index (Phi) is 6.73. The monoisotopic (exact) mass is 517 g/mol. The van der Waals surface area contributed by atoms with Crippen LogP contribution in [0.15, 0.2) is 24.5 Å². The van der Waals surface area contributed by atoms with Crippen LogP contribution < -0.4 is 0 Å². The van der Waals surface area contributed by atoms with Gasteiger partial charge < -0.3 is 24.4 Å². The van der Waals surface area contributed by atoms with E-state index in [4.69, 9.17) is 19.5 Å². The third kappa shape index (κ3) is 4.38. The maximum atomic E-state index is 14.6. The van der Waals surface area contributed by atoms with Crippen molar-refractivity contribution >= 4 is 0 Å². The van der Waals surface area contributed by atoms with E-state index < -0.39 is 54.3 Å². The number of methoxy groups -OCH3 is 1. The lowest BCUT2D eigenvalue weighted by molar-refractivity contribution is -0.212. The van der Waals surface area contributed by atoms with Gasteiger partial charge in [0.05, 0.1) is 43.4 Å². The van der Waals surface area contributed by atoms with E-state index in [0.29, 0.717) is 18.9 Å². The van der Waals surface area contributed by atoms with Crippen molar-refractivity contribution in [3.05, 3.63) is 47.4 Å². The molecular weight excluding hydrogens is 492 g/mol. The van der Waals surface area contributed by atoms with Gasteiger partial charge in [0.1, 0.15) is 41.7 Å². The Balaban J connectivity index is 1.43. The molecule has 2 N–H and O–H groups in total. The Labute approximate surface area is 210 Å². The highest BCUT2D eigenvalue weighted by Gasteiger charge is 2.47. The number of aliphatic hydroxyl groups excluding tert-OH is 2. The zero-order chi connectivity index (χ0) is 26.3. The molecule has 0 spiro atoms. The van der Waals surface area contributed by atoms with Crippen molar-refractivity contribution in [3.8, 4) is 17.3 Å². The third-order valence-corrected chi connectivity index (χ3v) is 6.86. The van der Waals surface area contributed by atoms with E-state index in [-0.39, 0.29) is 23.2 Å². The fraction of sp³-hybridized carbons (Fsp3) is 0.522. The molecule has 2 saturated heterocycles. The van der Waals surface area contributed by atoms with E-state index in [1.165, 1.54) is 24.1 Å². The standard InChI is InChI=1S/C23H25F2N7O5/c1-23(10-36-11-23)32-7-13(27-30-32)5-16-22(35-2)20(21(34)17(9-33)37-16)31-8-15(28-29-31)14-4-3-12(6-26)18(24)19(14)25/h3-4,7-8,16-17,20-22,33-34H,5,9-11H2,1-2H3/t16-,17-,20+,21+,22+/m1/s1. The molecule has 0 radical (unpaired) electrons. The highest BCUT2D eigenvalue weighted by atomic mass is 19.2. The van der Waals surface area contributed by atoms with Crippen LogP contribution in [0.25, 0.3) is 11.3 Å². The van der Waals surface area contributed by atoms with E-state index in [1.807, 2.05) is 6.92 Å². The minimum absolute atomic E-state index is 0.00885. The number of hydrogen-bond acceptors (Lipinski definition) is 10. The second kappa shape index (κ2) is 9.84. The van der Waals surface area contributed by atoms with Crippen molar-refractivity contribution < 1.29 is 33.2 Å². The number of rotatable bonds is 7. The molecule has 2 aliphatic heterocycles. The molecule has 0 unspecified atom stereocenters. The molecule has 5 rings (SSSR count). The van der Waals surface area contributed by atoms with Gasteiger partial charge in [0.15, 0.2) is 11.6 Å². The number of aromatic nitrogens is 6. The van der Waals surface area contributed by atoms with E-state index in [1.54, 1.807) is 16.9 Å². The molecule has 2 fully saturated rings. The van der Waals surface area contributed by atoms with E-state index in [2.05, 4.69) is 20.6 Å². The quantitative estimate of drug-likeness (QED) is 0.449. The maximum absolute atomic E-state index is 14.6. The summed E-state index contributed by atoms with van der Waals surface area (Å²) in [4.78, 5) is 0. The van der Waals surface area contributed by atoms with Crippen LogP contribution >= 0.6 is 0 Å². The summed E-state index contributed by atoms with van der Waals surface area (Å²) in [6.07, 6.45) is -0.288. The zero-order valence-electron chi connectivity index (χ0n) is 20.0. The average Bonchev–Trinajstić information content (AvgIpc) is 3.55. The molecule has 4 heterocycles. The van der Waals surface area contributed by atoms with Gasteiger partial charge in [0.2, 0.25) is 0 Å². The predicted octanol–water partition coefficient (Wildman–Crippen LogP) is 0.351. The summed E-state index contributed by atoms with van der Waals surface area (Å²) in [5.74, 6) is -2.52. The number of aliphatic hydroxyl groups is 2. The summed E-state index contributed by atoms with van der Waals surface area (Å²) < 4.78 is 48.7. The van der Waals surface area contributed by atoms with Crippen molar-refractivity contribution in [3.63, 3.8) is 0 Å². The number of hydrogen-bond donors (Lipinski definition) is 2. The topological polar surface area (TPSA) is 153 Å². The van der Waals surface area contributed by atoms with Crippen molar-refractivity contribution in [2.24, 2.45) is 0 Å². The normalized spacial score (nSPS) is 27.0. The van der Waals surface area contributed by atoms with Gasteiger partial charge in [-0.05, 0) is 19.1 Å². The molecule has 2 aliphatic rings. The molecular formula is C23H25F2N7O5. The molecule has 1 aromatic carbocycles. The minimum atomic E-state index is -1.29. The summed E-state index contributed by atoms with van der Waals surface area (Å²) in [6, 6.07) is 3.07. The summed E-state index contributed by atoms with van der Waals surface area (Å²) >= 11 is 0. The molecule has 37 heavy (non-hydrogen) atoms. The van der Waals surface area contributed by atoms with Crippen LogP contribution in [-0.2, 0) is 26.2 Å². The lowest BCUT2D eigenvalue weighted by Crippen LogP contribution is -2.57. The van der Waals surface area contributed by atoms with E-state index in [0.717, 1.165) is 6.07 Å². The number of ether oxygens (including phenoxy) is 3. The van der Waals surface area contributed by atoms with Gasteiger partial charge >= 0.3 is 0 Å². The SMILES string of the molecule is CO[C@@H]1[C@@H](n2cc(-c3ccc(C#N)c(F)c3F)nn2)[C@@H](O)[C@@H](CO)O[C@@H]1Cc1cn(C2(C)COC2)nn1. The minimum Gasteiger partial charge on any atom is -0.394 e. The molecule has 12 nitrogen and oxygen atoms in total. The van der Waals surface area contributed by atoms with Gasteiger partial charge in [-0.25, -0.2) is 18.1 Å². The lowest BCUT2D eigenvalue weighted by Gasteiger charge is -2.43. The van der Waals surface area contributed by atoms with Crippen LogP contribution in [0.1, 0.15) is 24.2 Å². The summed E-state index contributed by atoms with van der Waals surface area (Å²) in [7, 11) is 1.44. The highest BCUT2D eigenvalue weighted by Crippen LogP contribution is 2.34. The fourth-order valence-electron chi connectivity index (χ4n) is 4.70. The largest absolute Gasteiger partial charge is 0.394 e. The first-order valence-electron chi connectivity index (χ1n) is 11.6. The molecule has 0 bridgehead atoms. The first-order valence-corrected chi connectivity index (χ1v) is 11.6. The van der Waals surface area contributed by atoms with E-state index in [9.17, 15) is 19.0 Å². The van der Waals surface area contributed by atoms with Crippen molar-refractivity contribution in [1.29, 1.82) is 5.26 Å². The summed E-state index contributed by atoms with van der Waals surface area (Å²) in [6.45, 7) is 2.57. The molecule has 0 amide bonds. The molecule has 0 saturated carbocycles. The van der Waals surface area contributed by atoms with Crippen LogP contribution in [0, 0.1) is 23.0 Å². The Morgan fingerprint density at radius 3 is 2.62 bits per heavy atom. The Bertz CT molecular complexity index is 1320. The van der Waals surface area contributed by atoms with Gasteiger partial charge in [-0.2, -0.15) is 5.26 Å². The van der Waals surface area contributed by atoms with Gasteiger partial charge in [-0.15, -0.1) is 10.2 Å². The van der Waals surface area contributed by atoms with Crippen LogP contribution in [0.2, 0.25) is 0 Å². The van der Waals surface area contributed by atoms with Crippen LogP contribution in [-0.4, -0.2) is 91.5 Å². The second-order valence-corrected chi connectivity index (χ2v) is 9.41. The number of benzene rings is 1. The lowest BCUT2D eigenvalue weighted by atomic mass is 9.90. The van der Waals surface area contributed by atoms with Crippen molar-refractivity contribution in [2.45, 2.75) is 49.3 Å². The molecule has 5 atom stereocenters. The first kappa shape index (κ1) is 25.3. The van der Waals surface area contributed by atoms with Crippen LogP contribution in [0.5, 0.6) is 0 Å². The molecule has 2 aromatic heterocycles. The van der Waals surface area contributed by atoms with Gasteiger partial charge in [0.25, 0.3) is 0 Å². The van der Waals surface area contributed by atoms with Gasteiger partial charge in [-0.3, -0.25) is 0 Å². The molecule has 196 valence electrons. The first-order chi connectivity index (χ1) is 17.8.